The molecular formula is C14H23N3O2S. The Kier molecular flexibility index (Phi) is 7.36. The highest BCUT2D eigenvalue weighted by atomic mass is 32.2. The van der Waals surface area contributed by atoms with Crippen molar-refractivity contribution < 1.29 is 9.53 Å². The summed E-state index contributed by atoms with van der Waals surface area (Å²) in [5.74, 6) is 2.23. The number of anilines is 1. The molecule has 1 aromatic heterocycles. The molecule has 0 unspecified atom stereocenters. The van der Waals surface area contributed by atoms with E-state index >= 15 is 0 Å². The lowest BCUT2D eigenvalue weighted by atomic mass is 10.3. The molecular weight excluding hydrogens is 274 g/mol. The molecule has 112 valence electrons. The monoisotopic (exact) mass is 297 g/mol. The van der Waals surface area contributed by atoms with Gasteiger partial charge in [-0.2, -0.15) is 0 Å². The van der Waals surface area contributed by atoms with Gasteiger partial charge in [-0.1, -0.05) is 6.92 Å². The number of rotatable bonds is 8. The molecule has 1 aromatic rings. The molecule has 6 heteroatoms. The molecule has 1 rings (SSSR count). The number of hydrogen-bond acceptors (Lipinski definition) is 6. The number of ether oxygens (including phenoxy) is 1. The summed E-state index contributed by atoms with van der Waals surface area (Å²) < 4.78 is 4.65. The maximum atomic E-state index is 11.1. The second-order valence-corrected chi connectivity index (χ2v) is 5.46. The predicted molar refractivity (Wildman–Crippen MR) is 82.3 cm³/mol. The molecule has 0 aliphatic rings. The number of nitrogens with zero attached hydrogens (tertiary/aromatic N) is 2. The summed E-state index contributed by atoms with van der Waals surface area (Å²) >= 11 is 1.58. The third kappa shape index (κ3) is 5.00. The normalized spacial score (nSPS) is 10.4. The number of aryl methyl sites for hydroxylation is 1. The second-order valence-electron chi connectivity index (χ2n) is 4.37. The van der Waals surface area contributed by atoms with Crippen LogP contribution < -0.4 is 5.32 Å². The van der Waals surface area contributed by atoms with E-state index in [4.69, 9.17) is 0 Å². The van der Waals surface area contributed by atoms with Crippen molar-refractivity contribution in [2.75, 3.05) is 24.7 Å². The smallest absolute Gasteiger partial charge is 0.306 e. The summed E-state index contributed by atoms with van der Waals surface area (Å²) in [5.41, 5.74) is 1.04. The summed E-state index contributed by atoms with van der Waals surface area (Å²) in [4.78, 5) is 20.3. The van der Waals surface area contributed by atoms with E-state index in [0.29, 0.717) is 12.2 Å². The summed E-state index contributed by atoms with van der Waals surface area (Å²) in [6.45, 7) is 7.00. The van der Waals surface area contributed by atoms with Gasteiger partial charge in [-0.3, -0.25) is 4.79 Å². The van der Waals surface area contributed by atoms with Gasteiger partial charge < -0.3 is 10.1 Å². The third-order valence-electron chi connectivity index (χ3n) is 2.74. The third-order valence-corrected chi connectivity index (χ3v) is 3.82. The average molecular weight is 297 g/mol. The number of nitrogens with one attached hydrogen (secondary N) is 1. The van der Waals surface area contributed by atoms with Gasteiger partial charge in [-0.05, 0) is 20.3 Å². The van der Waals surface area contributed by atoms with Gasteiger partial charge in [0.15, 0.2) is 0 Å². The van der Waals surface area contributed by atoms with E-state index in [1.807, 2.05) is 13.8 Å². The second kappa shape index (κ2) is 8.79. The SMILES string of the molecule is CCCc1nc(NCC)c(C)c(SCCC(=O)OC)n1. The van der Waals surface area contributed by atoms with E-state index in [1.165, 1.54) is 7.11 Å². The predicted octanol–water partition coefficient (Wildman–Crippen LogP) is 2.82. The molecule has 0 aliphatic heterocycles. The zero-order valence-corrected chi connectivity index (χ0v) is 13.5. The first-order valence-corrected chi connectivity index (χ1v) is 7.91. The van der Waals surface area contributed by atoms with E-state index in [2.05, 4.69) is 26.9 Å². The van der Waals surface area contributed by atoms with Gasteiger partial charge in [0.2, 0.25) is 0 Å². The fourth-order valence-electron chi connectivity index (χ4n) is 1.69. The van der Waals surface area contributed by atoms with E-state index in [1.54, 1.807) is 11.8 Å². The van der Waals surface area contributed by atoms with Crippen molar-refractivity contribution in [3.05, 3.63) is 11.4 Å². The Bertz CT molecular complexity index is 452. The van der Waals surface area contributed by atoms with Crippen LogP contribution >= 0.6 is 11.8 Å². The van der Waals surface area contributed by atoms with E-state index in [-0.39, 0.29) is 5.97 Å². The number of methoxy groups -OCH3 is 1. The van der Waals surface area contributed by atoms with Crippen LogP contribution in [0.2, 0.25) is 0 Å². The first-order chi connectivity index (χ1) is 9.62. The van der Waals surface area contributed by atoms with Crippen LogP contribution in [0.25, 0.3) is 0 Å². The van der Waals surface area contributed by atoms with Gasteiger partial charge in [0.05, 0.1) is 13.5 Å². The largest absolute Gasteiger partial charge is 0.469 e. The van der Waals surface area contributed by atoms with Crippen LogP contribution in [0.4, 0.5) is 5.82 Å². The molecule has 0 atom stereocenters. The van der Waals surface area contributed by atoms with Crippen molar-refractivity contribution in [2.45, 2.75) is 45.1 Å². The highest BCUT2D eigenvalue weighted by Crippen LogP contribution is 2.26. The Labute approximate surface area is 124 Å². The highest BCUT2D eigenvalue weighted by molar-refractivity contribution is 7.99. The van der Waals surface area contributed by atoms with Crippen molar-refractivity contribution in [3.8, 4) is 0 Å². The molecule has 0 amide bonds. The van der Waals surface area contributed by atoms with Crippen LogP contribution in [0.15, 0.2) is 5.03 Å². The van der Waals surface area contributed by atoms with Gasteiger partial charge in [-0.15, -0.1) is 11.8 Å². The molecule has 0 spiro atoms. The minimum Gasteiger partial charge on any atom is -0.469 e. The number of thioether (sulfide) groups is 1. The maximum absolute atomic E-state index is 11.1. The number of hydrogen-bond donors (Lipinski definition) is 1. The zero-order valence-electron chi connectivity index (χ0n) is 12.7. The summed E-state index contributed by atoms with van der Waals surface area (Å²) in [6, 6.07) is 0. The summed E-state index contributed by atoms with van der Waals surface area (Å²) in [5, 5.41) is 4.22. The number of carbonyl (C=O) groups excluding carboxylic acids is 1. The zero-order chi connectivity index (χ0) is 15.0. The minimum atomic E-state index is -0.190. The van der Waals surface area contributed by atoms with Gasteiger partial charge in [0.1, 0.15) is 16.7 Å². The Morgan fingerprint density at radius 1 is 1.35 bits per heavy atom. The molecule has 0 aromatic carbocycles. The van der Waals surface area contributed by atoms with Crippen LogP contribution in [0.1, 0.15) is 38.1 Å². The van der Waals surface area contributed by atoms with Crippen LogP contribution in [-0.4, -0.2) is 35.3 Å². The fraction of sp³-hybridized carbons (Fsp3) is 0.643. The Hall–Kier alpha value is -1.30. The van der Waals surface area contributed by atoms with E-state index in [9.17, 15) is 4.79 Å². The molecule has 0 aliphatic carbocycles. The van der Waals surface area contributed by atoms with Gasteiger partial charge in [0, 0.05) is 24.3 Å². The highest BCUT2D eigenvalue weighted by Gasteiger charge is 2.11. The lowest BCUT2D eigenvalue weighted by Gasteiger charge is -2.12. The molecule has 5 nitrogen and oxygen atoms in total. The fourth-order valence-corrected chi connectivity index (χ4v) is 2.63. The standard InChI is InChI=1S/C14H23N3O2S/c1-5-7-11-16-13(15-6-2)10(3)14(17-11)20-9-8-12(18)19-4/h5-9H2,1-4H3,(H,15,16,17). The minimum absolute atomic E-state index is 0.190. The average Bonchev–Trinajstić information content (AvgIpc) is 2.43. The lowest BCUT2D eigenvalue weighted by molar-refractivity contribution is -0.140. The van der Waals surface area contributed by atoms with Crippen LogP contribution in [0.5, 0.6) is 0 Å². The summed E-state index contributed by atoms with van der Waals surface area (Å²) in [6.07, 6.45) is 2.27. The van der Waals surface area contributed by atoms with E-state index < -0.39 is 0 Å². The first-order valence-electron chi connectivity index (χ1n) is 6.93. The van der Waals surface area contributed by atoms with Gasteiger partial charge >= 0.3 is 5.97 Å². The number of esters is 1. The molecule has 0 fully saturated rings. The van der Waals surface area contributed by atoms with Crippen LogP contribution in [-0.2, 0) is 16.0 Å². The van der Waals surface area contributed by atoms with Crippen molar-refractivity contribution in [1.29, 1.82) is 0 Å². The molecule has 0 saturated carbocycles. The van der Waals surface area contributed by atoms with Crippen molar-refractivity contribution >= 4 is 23.5 Å². The van der Waals surface area contributed by atoms with Crippen molar-refractivity contribution in [1.82, 2.24) is 9.97 Å². The quantitative estimate of drug-likeness (QED) is 0.452. The lowest BCUT2D eigenvalue weighted by Crippen LogP contribution is -2.08. The Morgan fingerprint density at radius 2 is 2.10 bits per heavy atom. The Balaban J connectivity index is 2.83. The number of aromatic nitrogens is 2. The van der Waals surface area contributed by atoms with Gasteiger partial charge in [0.25, 0.3) is 0 Å². The van der Waals surface area contributed by atoms with Crippen LogP contribution in [0, 0.1) is 6.92 Å². The topological polar surface area (TPSA) is 64.1 Å². The molecule has 20 heavy (non-hydrogen) atoms. The molecule has 1 heterocycles. The maximum Gasteiger partial charge on any atom is 0.306 e. The molecule has 0 bridgehead atoms. The first kappa shape index (κ1) is 16.8. The number of carbonyl (C=O) groups is 1. The summed E-state index contributed by atoms with van der Waals surface area (Å²) in [7, 11) is 1.41. The molecule has 0 saturated heterocycles. The Morgan fingerprint density at radius 3 is 2.70 bits per heavy atom. The van der Waals surface area contributed by atoms with Crippen molar-refractivity contribution in [3.63, 3.8) is 0 Å². The molecule has 1 N–H and O–H groups in total. The van der Waals surface area contributed by atoms with E-state index in [0.717, 1.165) is 41.6 Å². The van der Waals surface area contributed by atoms with Crippen LogP contribution in [0.3, 0.4) is 0 Å². The van der Waals surface area contributed by atoms with Gasteiger partial charge in [-0.25, -0.2) is 9.97 Å². The molecule has 0 radical (unpaired) electrons. The van der Waals surface area contributed by atoms with Crippen molar-refractivity contribution in [2.24, 2.45) is 0 Å².